The first-order valence-corrected chi connectivity index (χ1v) is 5.66. The molecule has 0 aromatic carbocycles. The molecule has 1 heterocycles. The summed E-state index contributed by atoms with van der Waals surface area (Å²) in [6.45, 7) is 0.251. The number of halogens is 3. The van der Waals surface area contributed by atoms with Crippen molar-refractivity contribution in [2.75, 3.05) is 20.3 Å². The van der Waals surface area contributed by atoms with Gasteiger partial charge in [0.1, 0.15) is 18.9 Å². The zero-order valence-corrected chi connectivity index (χ0v) is 10.7. The fourth-order valence-corrected chi connectivity index (χ4v) is 1.51. The van der Waals surface area contributed by atoms with Crippen molar-refractivity contribution in [1.82, 2.24) is 9.78 Å². The minimum Gasteiger partial charge on any atom is -0.493 e. The van der Waals surface area contributed by atoms with Gasteiger partial charge in [-0.1, -0.05) is 6.92 Å². The number of hydrogen-bond acceptors (Lipinski definition) is 4. The lowest BCUT2D eigenvalue weighted by molar-refractivity contribution is -0.170. The van der Waals surface area contributed by atoms with Gasteiger partial charge in [-0.15, -0.1) is 0 Å². The van der Waals surface area contributed by atoms with Crippen molar-refractivity contribution < 1.29 is 27.4 Å². The Bertz CT molecular complexity index is 429. The molecule has 0 N–H and O–H groups in total. The summed E-state index contributed by atoms with van der Waals surface area (Å²) in [6, 6.07) is 0. The summed E-state index contributed by atoms with van der Waals surface area (Å²) in [4.78, 5) is 11.8. The maximum Gasteiger partial charge on any atom is 0.411 e. The zero-order valence-electron chi connectivity index (χ0n) is 10.7. The number of ether oxygens (including phenoxy) is 2. The van der Waals surface area contributed by atoms with E-state index in [1.165, 1.54) is 18.0 Å². The smallest absolute Gasteiger partial charge is 0.411 e. The van der Waals surface area contributed by atoms with Crippen LogP contribution in [0.5, 0.6) is 5.75 Å². The average molecular weight is 280 g/mol. The molecular weight excluding hydrogens is 265 g/mol. The molecule has 0 aliphatic rings. The highest BCUT2D eigenvalue weighted by Crippen LogP contribution is 2.19. The van der Waals surface area contributed by atoms with E-state index in [0.717, 1.165) is 6.42 Å². The number of rotatable bonds is 7. The van der Waals surface area contributed by atoms with Gasteiger partial charge in [0, 0.05) is 6.54 Å². The van der Waals surface area contributed by atoms with Crippen molar-refractivity contribution in [3.05, 3.63) is 11.9 Å². The van der Waals surface area contributed by atoms with Crippen LogP contribution in [0.15, 0.2) is 6.20 Å². The normalized spacial score (nSPS) is 11.6. The summed E-state index contributed by atoms with van der Waals surface area (Å²) in [7, 11) is 1.36. The summed E-state index contributed by atoms with van der Waals surface area (Å²) in [6.07, 6.45) is -2.37. The molecule has 0 unspecified atom stereocenters. The quantitative estimate of drug-likeness (QED) is 0.717. The van der Waals surface area contributed by atoms with Crippen LogP contribution in [0.3, 0.4) is 0 Å². The Morgan fingerprint density at radius 3 is 2.68 bits per heavy atom. The van der Waals surface area contributed by atoms with Gasteiger partial charge >= 0.3 is 6.18 Å². The molecule has 0 fully saturated rings. The number of ketones is 1. The largest absolute Gasteiger partial charge is 0.493 e. The van der Waals surface area contributed by atoms with Crippen LogP contribution < -0.4 is 4.74 Å². The van der Waals surface area contributed by atoms with Crippen molar-refractivity contribution in [3.63, 3.8) is 0 Å². The third-order valence-electron chi connectivity index (χ3n) is 2.22. The number of aryl methyl sites for hydroxylation is 1. The lowest BCUT2D eigenvalue weighted by atomic mass is 10.2. The summed E-state index contributed by atoms with van der Waals surface area (Å²) in [5.41, 5.74) is 0.131. The SMILES string of the molecule is CCCn1ncc(OC)c1C(=O)COCC(F)(F)F. The van der Waals surface area contributed by atoms with Crippen molar-refractivity contribution in [3.8, 4) is 5.75 Å². The van der Waals surface area contributed by atoms with Gasteiger partial charge in [-0.3, -0.25) is 9.48 Å². The molecule has 0 bridgehead atoms. The number of methoxy groups -OCH3 is 1. The predicted octanol–water partition coefficient (Wildman–Crippen LogP) is 2.06. The first-order chi connectivity index (χ1) is 8.89. The minimum absolute atomic E-state index is 0.131. The molecule has 0 spiro atoms. The van der Waals surface area contributed by atoms with Crippen molar-refractivity contribution in [2.45, 2.75) is 26.1 Å². The van der Waals surface area contributed by atoms with Crippen LogP contribution >= 0.6 is 0 Å². The summed E-state index contributed by atoms with van der Waals surface area (Å²) < 4.78 is 46.5. The topological polar surface area (TPSA) is 53.4 Å². The summed E-state index contributed by atoms with van der Waals surface area (Å²) in [5, 5.41) is 3.95. The summed E-state index contributed by atoms with van der Waals surface area (Å²) in [5.74, 6) is -0.360. The van der Waals surface area contributed by atoms with Crippen LogP contribution in [0.25, 0.3) is 0 Å². The molecule has 0 amide bonds. The van der Waals surface area contributed by atoms with E-state index in [0.29, 0.717) is 6.54 Å². The molecule has 0 radical (unpaired) electrons. The zero-order chi connectivity index (χ0) is 14.5. The number of carbonyl (C=O) groups is 1. The second-order valence-corrected chi connectivity index (χ2v) is 3.82. The second-order valence-electron chi connectivity index (χ2n) is 3.82. The van der Waals surface area contributed by atoms with Crippen LogP contribution in [0.2, 0.25) is 0 Å². The number of nitrogens with zero attached hydrogens (tertiary/aromatic N) is 2. The molecule has 0 saturated heterocycles. The molecule has 19 heavy (non-hydrogen) atoms. The lowest BCUT2D eigenvalue weighted by Gasteiger charge is -2.09. The molecule has 1 rings (SSSR count). The number of alkyl halides is 3. The number of Topliss-reactive ketones (excluding diaryl/α,β-unsaturated/α-hetero) is 1. The molecule has 1 aromatic rings. The van der Waals surface area contributed by atoms with Crippen molar-refractivity contribution in [1.29, 1.82) is 0 Å². The summed E-state index contributed by atoms with van der Waals surface area (Å²) >= 11 is 0. The lowest BCUT2D eigenvalue weighted by Crippen LogP contribution is -2.22. The van der Waals surface area contributed by atoms with Crippen LogP contribution in [0.1, 0.15) is 23.8 Å². The van der Waals surface area contributed by atoms with Gasteiger partial charge in [-0.05, 0) is 6.42 Å². The van der Waals surface area contributed by atoms with E-state index >= 15 is 0 Å². The van der Waals surface area contributed by atoms with E-state index in [9.17, 15) is 18.0 Å². The van der Waals surface area contributed by atoms with Crippen LogP contribution in [0, 0.1) is 0 Å². The molecule has 0 aliphatic heterocycles. The van der Waals surface area contributed by atoms with Gasteiger partial charge in [0.2, 0.25) is 5.78 Å². The van der Waals surface area contributed by atoms with Crippen LogP contribution in [-0.2, 0) is 11.3 Å². The fourth-order valence-electron chi connectivity index (χ4n) is 1.51. The highest BCUT2D eigenvalue weighted by molar-refractivity contribution is 5.98. The maximum atomic E-state index is 11.9. The Morgan fingerprint density at radius 1 is 1.47 bits per heavy atom. The molecule has 0 saturated carbocycles. The van der Waals surface area contributed by atoms with E-state index in [4.69, 9.17) is 4.74 Å². The first-order valence-electron chi connectivity index (χ1n) is 5.66. The molecule has 0 atom stereocenters. The molecule has 8 heteroatoms. The van der Waals surface area contributed by atoms with Gasteiger partial charge in [-0.2, -0.15) is 18.3 Å². The monoisotopic (exact) mass is 280 g/mol. The van der Waals surface area contributed by atoms with E-state index in [1.54, 1.807) is 0 Å². The van der Waals surface area contributed by atoms with Crippen molar-refractivity contribution in [2.24, 2.45) is 0 Å². The van der Waals surface area contributed by atoms with Gasteiger partial charge in [0.15, 0.2) is 5.75 Å². The van der Waals surface area contributed by atoms with Crippen molar-refractivity contribution >= 4 is 5.78 Å². The van der Waals surface area contributed by atoms with Crippen LogP contribution in [-0.4, -0.2) is 42.1 Å². The predicted molar refractivity (Wildman–Crippen MR) is 60.3 cm³/mol. The van der Waals surface area contributed by atoms with Gasteiger partial charge in [0.25, 0.3) is 0 Å². The fraction of sp³-hybridized carbons (Fsp3) is 0.636. The Labute approximate surface area is 108 Å². The Kier molecular flexibility index (Phi) is 5.34. The third kappa shape index (κ3) is 4.55. The standard InChI is InChI=1S/C11H15F3N2O3/c1-3-4-16-10(9(18-2)5-15-16)8(17)6-19-7-11(12,13)14/h5H,3-4,6-7H2,1-2H3. The minimum atomic E-state index is -4.45. The highest BCUT2D eigenvalue weighted by atomic mass is 19.4. The van der Waals surface area contributed by atoms with E-state index < -0.39 is 25.2 Å². The van der Waals surface area contributed by atoms with E-state index in [2.05, 4.69) is 9.84 Å². The number of carbonyl (C=O) groups excluding carboxylic acids is 1. The molecular formula is C11H15F3N2O3. The number of aromatic nitrogens is 2. The molecule has 1 aromatic heterocycles. The average Bonchev–Trinajstić information content (AvgIpc) is 2.70. The number of hydrogen-bond donors (Lipinski definition) is 0. The highest BCUT2D eigenvalue weighted by Gasteiger charge is 2.28. The van der Waals surface area contributed by atoms with E-state index in [-0.39, 0.29) is 11.4 Å². The maximum absolute atomic E-state index is 11.9. The van der Waals surface area contributed by atoms with E-state index in [1.807, 2.05) is 6.92 Å². The Morgan fingerprint density at radius 2 is 2.16 bits per heavy atom. The Hall–Kier alpha value is -1.57. The first kappa shape index (κ1) is 15.5. The molecule has 5 nitrogen and oxygen atoms in total. The molecule has 0 aliphatic carbocycles. The van der Waals surface area contributed by atoms with Gasteiger partial charge in [-0.25, -0.2) is 0 Å². The molecule has 108 valence electrons. The Balaban J connectivity index is 2.72. The van der Waals surface area contributed by atoms with Gasteiger partial charge in [0.05, 0.1) is 13.3 Å². The van der Waals surface area contributed by atoms with Crippen LogP contribution in [0.4, 0.5) is 13.2 Å². The van der Waals surface area contributed by atoms with Gasteiger partial charge < -0.3 is 9.47 Å². The third-order valence-corrected chi connectivity index (χ3v) is 2.22. The second kappa shape index (κ2) is 6.55.